The third-order valence-electron chi connectivity index (χ3n) is 8.02. The SMILES string of the molecule is CC1Nc2cc(-c3c(-c4ccccc4-c4nc(-c5ccccc5)nc(-c5ccccc5)n4)ccc4ccccc34)ccc2O1. The third kappa shape index (κ3) is 4.65. The zero-order valence-electron chi connectivity index (χ0n) is 24.1. The molecular formula is C39H28N4O. The molecule has 8 rings (SSSR count). The molecule has 0 spiro atoms. The number of rotatable bonds is 5. The summed E-state index contributed by atoms with van der Waals surface area (Å²) in [4.78, 5) is 15.0. The van der Waals surface area contributed by atoms with Crippen LogP contribution in [-0.4, -0.2) is 21.2 Å². The largest absolute Gasteiger partial charge is 0.469 e. The monoisotopic (exact) mass is 568 g/mol. The lowest BCUT2D eigenvalue weighted by Gasteiger charge is -2.17. The van der Waals surface area contributed by atoms with Crippen molar-refractivity contribution in [3.05, 3.63) is 140 Å². The predicted octanol–water partition coefficient (Wildman–Crippen LogP) is 9.51. The van der Waals surface area contributed by atoms with Crippen LogP contribution in [-0.2, 0) is 0 Å². The van der Waals surface area contributed by atoms with Crippen molar-refractivity contribution in [2.24, 2.45) is 0 Å². The van der Waals surface area contributed by atoms with E-state index in [-0.39, 0.29) is 6.23 Å². The molecular weight excluding hydrogens is 540 g/mol. The maximum Gasteiger partial charge on any atom is 0.167 e. The minimum Gasteiger partial charge on any atom is -0.469 e. The number of nitrogens with zero attached hydrogens (tertiary/aromatic N) is 3. The fourth-order valence-electron chi connectivity index (χ4n) is 5.99. The van der Waals surface area contributed by atoms with Gasteiger partial charge in [0.15, 0.2) is 23.7 Å². The Labute approximate surface area is 255 Å². The van der Waals surface area contributed by atoms with Crippen LogP contribution in [0.2, 0.25) is 0 Å². The van der Waals surface area contributed by atoms with E-state index >= 15 is 0 Å². The Balaban J connectivity index is 1.37. The van der Waals surface area contributed by atoms with Gasteiger partial charge >= 0.3 is 0 Å². The number of benzene rings is 6. The van der Waals surface area contributed by atoms with E-state index in [0.717, 1.165) is 50.4 Å². The summed E-state index contributed by atoms with van der Waals surface area (Å²) in [5.74, 6) is 2.78. The Morgan fingerprint density at radius 3 is 1.86 bits per heavy atom. The number of aromatic nitrogens is 3. The first-order chi connectivity index (χ1) is 21.7. The highest BCUT2D eigenvalue weighted by Gasteiger charge is 2.22. The second-order valence-electron chi connectivity index (χ2n) is 10.9. The first kappa shape index (κ1) is 25.9. The lowest BCUT2D eigenvalue weighted by Crippen LogP contribution is -2.13. The molecule has 1 aliphatic rings. The molecule has 7 aromatic rings. The zero-order valence-corrected chi connectivity index (χ0v) is 24.1. The van der Waals surface area contributed by atoms with Crippen LogP contribution < -0.4 is 10.1 Å². The third-order valence-corrected chi connectivity index (χ3v) is 8.02. The molecule has 0 aliphatic carbocycles. The molecule has 6 aromatic carbocycles. The van der Waals surface area contributed by atoms with Crippen LogP contribution in [0, 0.1) is 0 Å². The van der Waals surface area contributed by atoms with Crippen LogP contribution in [0.1, 0.15) is 6.92 Å². The number of ether oxygens (including phenoxy) is 1. The van der Waals surface area contributed by atoms with Gasteiger partial charge < -0.3 is 10.1 Å². The fourth-order valence-corrected chi connectivity index (χ4v) is 5.99. The van der Waals surface area contributed by atoms with Gasteiger partial charge in [0.25, 0.3) is 0 Å². The molecule has 1 aliphatic heterocycles. The van der Waals surface area contributed by atoms with Gasteiger partial charge in [-0.25, -0.2) is 15.0 Å². The predicted molar refractivity (Wildman–Crippen MR) is 178 cm³/mol. The quantitative estimate of drug-likeness (QED) is 0.224. The van der Waals surface area contributed by atoms with Crippen LogP contribution in [0.15, 0.2) is 140 Å². The molecule has 0 saturated carbocycles. The van der Waals surface area contributed by atoms with Crippen LogP contribution in [0.5, 0.6) is 5.75 Å². The van der Waals surface area contributed by atoms with Gasteiger partial charge in [0, 0.05) is 16.7 Å². The number of nitrogens with one attached hydrogen (secondary N) is 1. The molecule has 210 valence electrons. The lowest BCUT2D eigenvalue weighted by atomic mass is 9.87. The molecule has 2 heterocycles. The van der Waals surface area contributed by atoms with E-state index in [9.17, 15) is 0 Å². The summed E-state index contributed by atoms with van der Waals surface area (Å²) in [6, 6.07) is 47.9. The van der Waals surface area contributed by atoms with Gasteiger partial charge in [0.2, 0.25) is 0 Å². The molecule has 1 N–H and O–H groups in total. The van der Waals surface area contributed by atoms with Crippen molar-refractivity contribution >= 4 is 16.5 Å². The topological polar surface area (TPSA) is 59.9 Å². The van der Waals surface area contributed by atoms with E-state index in [1.165, 1.54) is 10.8 Å². The summed E-state index contributed by atoms with van der Waals surface area (Å²) in [7, 11) is 0. The molecule has 0 amide bonds. The Kier molecular flexibility index (Phi) is 6.34. The summed E-state index contributed by atoms with van der Waals surface area (Å²) in [6.07, 6.45) is -0.0607. The Bertz CT molecular complexity index is 2090. The van der Waals surface area contributed by atoms with Crippen LogP contribution >= 0.6 is 0 Å². The van der Waals surface area contributed by atoms with Gasteiger partial charge in [-0.15, -0.1) is 0 Å². The lowest BCUT2D eigenvalue weighted by molar-refractivity contribution is 0.275. The summed E-state index contributed by atoms with van der Waals surface area (Å²) >= 11 is 0. The smallest absolute Gasteiger partial charge is 0.167 e. The number of hydrogen-bond donors (Lipinski definition) is 1. The van der Waals surface area contributed by atoms with Crippen LogP contribution in [0.25, 0.3) is 67.2 Å². The summed E-state index contributed by atoms with van der Waals surface area (Å²) < 4.78 is 5.94. The van der Waals surface area contributed by atoms with E-state index in [0.29, 0.717) is 17.5 Å². The maximum absolute atomic E-state index is 5.94. The molecule has 5 heteroatoms. The highest BCUT2D eigenvalue weighted by Crippen LogP contribution is 2.44. The van der Waals surface area contributed by atoms with Crippen molar-refractivity contribution in [2.45, 2.75) is 13.2 Å². The van der Waals surface area contributed by atoms with Crippen molar-refractivity contribution in [2.75, 3.05) is 5.32 Å². The molecule has 1 unspecified atom stereocenters. The van der Waals surface area contributed by atoms with E-state index in [4.69, 9.17) is 19.7 Å². The van der Waals surface area contributed by atoms with Gasteiger partial charge in [-0.3, -0.25) is 0 Å². The molecule has 0 bridgehead atoms. The molecule has 5 nitrogen and oxygen atoms in total. The highest BCUT2D eigenvalue weighted by atomic mass is 16.5. The minimum atomic E-state index is -0.0607. The second kappa shape index (κ2) is 10.8. The summed E-state index contributed by atoms with van der Waals surface area (Å²) in [5, 5.41) is 5.80. The van der Waals surface area contributed by atoms with Crippen LogP contribution in [0.3, 0.4) is 0 Å². The van der Waals surface area contributed by atoms with Crippen LogP contribution in [0.4, 0.5) is 5.69 Å². The Morgan fingerprint density at radius 2 is 1.14 bits per heavy atom. The van der Waals surface area contributed by atoms with Gasteiger partial charge in [-0.05, 0) is 52.1 Å². The molecule has 1 aromatic heterocycles. The zero-order chi connectivity index (χ0) is 29.5. The Hall–Kier alpha value is -5.81. The average molecular weight is 569 g/mol. The molecule has 1 atom stereocenters. The maximum atomic E-state index is 5.94. The highest BCUT2D eigenvalue weighted by molar-refractivity contribution is 6.06. The van der Waals surface area contributed by atoms with Crippen molar-refractivity contribution in [1.29, 1.82) is 0 Å². The standard InChI is InChI=1S/C39H28N4O/c1-25-40-34-24-29(21-23-35(34)44-25)36-30-17-9-8-12-26(30)20-22-32(36)31-18-10-11-19-33(31)39-42-37(27-13-4-2-5-14-27)41-38(43-39)28-15-6-3-7-16-28/h2-25,40H,1H3. The van der Waals surface area contributed by atoms with E-state index < -0.39 is 0 Å². The van der Waals surface area contributed by atoms with Gasteiger partial charge in [0.05, 0.1) is 5.69 Å². The second-order valence-corrected chi connectivity index (χ2v) is 10.9. The number of fused-ring (bicyclic) bond motifs is 2. The van der Waals surface area contributed by atoms with Crippen molar-refractivity contribution < 1.29 is 4.74 Å². The first-order valence-electron chi connectivity index (χ1n) is 14.8. The Morgan fingerprint density at radius 1 is 0.523 bits per heavy atom. The van der Waals surface area contributed by atoms with Crippen molar-refractivity contribution in [1.82, 2.24) is 15.0 Å². The summed E-state index contributed by atoms with van der Waals surface area (Å²) in [5.41, 5.74) is 8.25. The van der Waals surface area contributed by atoms with E-state index in [2.05, 4.69) is 78.1 Å². The molecule has 0 fully saturated rings. The number of anilines is 1. The van der Waals surface area contributed by atoms with Gasteiger partial charge in [-0.1, -0.05) is 127 Å². The molecule has 0 saturated heterocycles. The van der Waals surface area contributed by atoms with Crippen molar-refractivity contribution in [3.8, 4) is 62.2 Å². The summed E-state index contributed by atoms with van der Waals surface area (Å²) in [6.45, 7) is 2.02. The van der Waals surface area contributed by atoms with Crippen molar-refractivity contribution in [3.63, 3.8) is 0 Å². The van der Waals surface area contributed by atoms with Gasteiger partial charge in [0.1, 0.15) is 5.75 Å². The molecule has 44 heavy (non-hydrogen) atoms. The van der Waals surface area contributed by atoms with E-state index in [1.807, 2.05) is 73.7 Å². The molecule has 0 radical (unpaired) electrons. The first-order valence-corrected chi connectivity index (χ1v) is 14.8. The van der Waals surface area contributed by atoms with E-state index in [1.54, 1.807) is 0 Å². The average Bonchev–Trinajstić information content (AvgIpc) is 3.47. The fraction of sp³-hybridized carbons (Fsp3) is 0.0513. The number of hydrogen-bond acceptors (Lipinski definition) is 5. The minimum absolute atomic E-state index is 0.0607. The van der Waals surface area contributed by atoms with Gasteiger partial charge in [-0.2, -0.15) is 0 Å². The normalized spacial score (nSPS) is 13.7.